The minimum Gasteiger partial charge on any atom is -0.357 e. The highest BCUT2D eigenvalue weighted by atomic mass is 35.5. The summed E-state index contributed by atoms with van der Waals surface area (Å²) < 4.78 is 26.9. The SMILES string of the molecule is CCN(CC)c1ccc(C(=O)Nc2ccc(Cl)c(S(=O)(=O)N(CC)CC)c2)cn1. The zero-order valence-corrected chi connectivity index (χ0v) is 18.7. The first kappa shape index (κ1) is 23.1. The summed E-state index contributed by atoms with van der Waals surface area (Å²) in [6, 6.07) is 7.90. The molecule has 1 amide bonds. The number of halogens is 1. The topological polar surface area (TPSA) is 82.6 Å². The molecule has 0 saturated heterocycles. The standard InChI is InChI=1S/C20H27ClN4O3S/c1-5-24(6-2)19-12-9-15(14-22-19)20(26)23-16-10-11-17(21)18(13-16)29(27,28)25(7-3)8-4/h9-14H,5-8H2,1-4H3,(H,23,26). The third kappa shape index (κ3) is 5.26. The average Bonchev–Trinajstić information content (AvgIpc) is 2.71. The molecule has 2 aromatic rings. The summed E-state index contributed by atoms with van der Waals surface area (Å²) in [5, 5.41) is 2.83. The number of pyridine rings is 1. The molecule has 1 aromatic heterocycles. The maximum atomic E-state index is 12.8. The number of nitrogens with one attached hydrogen (secondary N) is 1. The van der Waals surface area contributed by atoms with E-state index in [1.165, 1.54) is 22.6 Å². The van der Waals surface area contributed by atoms with Crippen molar-refractivity contribution in [3.05, 3.63) is 47.1 Å². The Bertz CT molecular complexity index is 941. The molecule has 0 aliphatic heterocycles. The molecule has 0 unspecified atom stereocenters. The molecule has 0 aliphatic rings. The number of nitrogens with zero attached hydrogens (tertiary/aromatic N) is 3. The van der Waals surface area contributed by atoms with Gasteiger partial charge in [0.1, 0.15) is 10.7 Å². The molecule has 7 nitrogen and oxygen atoms in total. The van der Waals surface area contributed by atoms with Crippen molar-refractivity contribution < 1.29 is 13.2 Å². The van der Waals surface area contributed by atoms with Gasteiger partial charge in [0.25, 0.3) is 5.91 Å². The molecule has 158 valence electrons. The molecule has 2 rings (SSSR count). The van der Waals surface area contributed by atoms with Crippen molar-refractivity contribution in [1.82, 2.24) is 9.29 Å². The summed E-state index contributed by atoms with van der Waals surface area (Å²) in [6.07, 6.45) is 1.51. The van der Waals surface area contributed by atoms with E-state index in [9.17, 15) is 13.2 Å². The van der Waals surface area contributed by atoms with Gasteiger partial charge in [-0.3, -0.25) is 4.79 Å². The Kier molecular flexibility index (Phi) is 8.01. The zero-order valence-electron chi connectivity index (χ0n) is 17.1. The van der Waals surface area contributed by atoms with Crippen molar-refractivity contribution >= 4 is 39.0 Å². The van der Waals surface area contributed by atoms with Crippen molar-refractivity contribution in [3.8, 4) is 0 Å². The van der Waals surface area contributed by atoms with Gasteiger partial charge in [0.05, 0.1) is 10.6 Å². The Balaban J connectivity index is 2.25. The van der Waals surface area contributed by atoms with E-state index in [2.05, 4.69) is 15.2 Å². The van der Waals surface area contributed by atoms with Crippen LogP contribution in [0.2, 0.25) is 5.02 Å². The second kappa shape index (κ2) is 10.0. The van der Waals surface area contributed by atoms with Gasteiger partial charge >= 0.3 is 0 Å². The lowest BCUT2D eigenvalue weighted by molar-refractivity contribution is 0.102. The third-order valence-electron chi connectivity index (χ3n) is 4.61. The molecule has 0 fully saturated rings. The second-order valence-corrected chi connectivity index (χ2v) is 8.58. The van der Waals surface area contributed by atoms with Crippen LogP contribution in [0.25, 0.3) is 0 Å². The number of benzene rings is 1. The molecule has 0 radical (unpaired) electrons. The monoisotopic (exact) mass is 438 g/mol. The first-order valence-electron chi connectivity index (χ1n) is 9.60. The number of carbonyl (C=O) groups excluding carboxylic acids is 1. The Morgan fingerprint density at radius 1 is 1.03 bits per heavy atom. The average molecular weight is 439 g/mol. The van der Waals surface area contributed by atoms with Crippen molar-refractivity contribution in [2.24, 2.45) is 0 Å². The number of aromatic nitrogens is 1. The minimum absolute atomic E-state index is 0.0318. The summed E-state index contributed by atoms with van der Waals surface area (Å²) in [5.74, 6) is 0.419. The van der Waals surface area contributed by atoms with Crippen LogP contribution in [0.5, 0.6) is 0 Å². The lowest BCUT2D eigenvalue weighted by Crippen LogP contribution is -2.30. The smallest absolute Gasteiger partial charge is 0.257 e. The molecule has 0 bridgehead atoms. The van der Waals surface area contributed by atoms with Crippen molar-refractivity contribution in [3.63, 3.8) is 0 Å². The molecule has 0 aliphatic carbocycles. The summed E-state index contributed by atoms with van der Waals surface area (Å²) in [5.41, 5.74) is 0.724. The van der Waals surface area contributed by atoms with Gasteiger partial charge in [-0.15, -0.1) is 0 Å². The van der Waals surface area contributed by atoms with Gasteiger partial charge in [-0.1, -0.05) is 25.4 Å². The Morgan fingerprint density at radius 3 is 2.21 bits per heavy atom. The number of sulfonamides is 1. The van der Waals surface area contributed by atoms with Crippen LogP contribution >= 0.6 is 11.6 Å². The predicted octanol–water partition coefficient (Wildman–Crippen LogP) is 3.86. The van der Waals surface area contributed by atoms with Crippen LogP contribution in [0.4, 0.5) is 11.5 Å². The van der Waals surface area contributed by atoms with Crippen LogP contribution in [0, 0.1) is 0 Å². The molecular weight excluding hydrogens is 412 g/mol. The van der Waals surface area contributed by atoms with E-state index in [0.717, 1.165) is 18.9 Å². The number of hydrogen-bond acceptors (Lipinski definition) is 5. The van der Waals surface area contributed by atoms with Gasteiger partial charge in [-0.25, -0.2) is 13.4 Å². The Morgan fingerprint density at radius 2 is 1.69 bits per heavy atom. The maximum Gasteiger partial charge on any atom is 0.257 e. The summed E-state index contributed by atoms with van der Waals surface area (Å²) in [6.45, 7) is 9.90. The summed E-state index contributed by atoms with van der Waals surface area (Å²) in [4.78, 5) is 19.0. The van der Waals surface area contributed by atoms with Gasteiger partial charge in [-0.2, -0.15) is 4.31 Å². The van der Waals surface area contributed by atoms with Gasteiger partial charge < -0.3 is 10.2 Å². The van der Waals surface area contributed by atoms with Crippen LogP contribution in [-0.2, 0) is 10.0 Å². The second-order valence-electron chi connectivity index (χ2n) is 6.27. The number of hydrogen-bond donors (Lipinski definition) is 1. The van der Waals surface area contributed by atoms with E-state index in [-0.39, 0.29) is 15.8 Å². The van der Waals surface area contributed by atoms with E-state index >= 15 is 0 Å². The van der Waals surface area contributed by atoms with Crippen molar-refractivity contribution in [2.75, 3.05) is 36.4 Å². The molecule has 0 saturated carbocycles. The van der Waals surface area contributed by atoms with Crippen LogP contribution < -0.4 is 10.2 Å². The van der Waals surface area contributed by atoms with Crippen LogP contribution in [-0.4, -0.2) is 49.8 Å². The quantitative estimate of drug-likeness (QED) is 0.642. The van der Waals surface area contributed by atoms with Gasteiger partial charge in [0, 0.05) is 38.1 Å². The fourth-order valence-electron chi connectivity index (χ4n) is 2.94. The predicted molar refractivity (Wildman–Crippen MR) is 117 cm³/mol. The highest BCUT2D eigenvalue weighted by Crippen LogP contribution is 2.28. The third-order valence-corrected chi connectivity index (χ3v) is 7.14. The molecule has 0 spiro atoms. The first-order chi connectivity index (χ1) is 13.8. The number of anilines is 2. The summed E-state index contributed by atoms with van der Waals surface area (Å²) >= 11 is 6.13. The van der Waals surface area contributed by atoms with Gasteiger partial charge in [-0.05, 0) is 44.2 Å². The van der Waals surface area contributed by atoms with Crippen LogP contribution in [0.1, 0.15) is 38.1 Å². The van der Waals surface area contributed by atoms with Crippen LogP contribution in [0.3, 0.4) is 0 Å². The molecule has 1 N–H and O–H groups in total. The molecule has 29 heavy (non-hydrogen) atoms. The summed E-state index contributed by atoms with van der Waals surface area (Å²) in [7, 11) is -3.74. The van der Waals surface area contributed by atoms with Gasteiger partial charge in [0.2, 0.25) is 10.0 Å². The van der Waals surface area contributed by atoms with E-state index < -0.39 is 10.0 Å². The minimum atomic E-state index is -3.74. The molecule has 1 aromatic carbocycles. The lowest BCUT2D eigenvalue weighted by Gasteiger charge is -2.20. The van der Waals surface area contributed by atoms with Gasteiger partial charge in [0.15, 0.2) is 0 Å². The normalized spacial score (nSPS) is 11.5. The number of amides is 1. The van der Waals surface area contributed by atoms with Crippen LogP contribution in [0.15, 0.2) is 41.4 Å². The molecule has 0 atom stereocenters. The van der Waals surface area contributed by atoms with E-state index in [1.54, 1.807) is 32.0 Å². The van der Waals surface area contributed by atoms with E-state index in [0.29, 0.717) is 24.3 Å². The maximum absolute atomic E-state index is 12.8. The molecular formula is C20H27ClN4O3S. The molecule has 1 heterocycles. The van der Waals surface area contributed by atoms with Crippen molar-refractivity contribution in [2.45, 2.75) is 32.6 Å². The first-order valence-corrected chi connectivity index (χ1v) is 11.4. The highest BCUT2D eigenvalue weighted by Gasteiger charge is 2.25. The Labute approximate surface area is 177 Å². The largest absolute Gasteiger partial charge is 0.357 e. The fraction of sp³-hybridized carbons (Fsp3) is 0.400. The zero-order chi connectivity index (χ0) is 21.6. The lowest BCUT2D eigenvalue weighted by atomic mass is 10.2. The Hall–Kier alpha value is -2.16. The van der Waals surface area contributed by atoms with E-state index in [4.69, 9.17) is 11.6 Å². The van der Waals surface area contributed by atoms with E-state index in [1.807, 2.05) is 13.8 Å². The number of rotatable bonds is 9. The van der Waals surface area contributed by atoms with Crippen molar-refractivity contribution in [1.29, 1.82) is 0 Å². The fourth-order valence-corrected chi connectivity index (χ4v) is 4.90. The highest BCUT2D eigenvalue weighted by molar-refractivity contribution is 7.89. The molecule has 9 heteroatoms. The number of carbonyl (C=O) groups is 1.